The number of hydrogen-bond donors (Lipinski definition) is 0. The Morgan fingerprint density at radius 3 is 2.56 bits per heavy atom. The molecule has 0 aliphatic heterocycles. The Morgan fingerprint density at radius 2 is 1.96 bits per heavy atom. The monoisotopic (exact) mass is 356 g/mol. The number of halogens is 3. The molecular formula is C15H15F3N4O3. The van der Waals surface area contributed by atoms with E-state index < -0.39 is 18.1 Å². The van der Waals surface area contributed by atoms with Gasteiger partial charge in [-0.3, -0.25) is 4.79 Å². The van der Waals surface area contributed by atoms with Gasteiger partial charge in [-0.05, 0) is 32.0 Å². The van der Waals surface area contributed by atoms with Gasteiger partial charge in [0.25, 0.3) is 0 Å². The lowest BCUT2D eigenvalue weighted by atomic mass is 10.2. The third kappa shape index (κ3) is 3.95. The van der Waals surface area contributed by atoms with Crippen LogP contribution in [0.4, 0.5) is 18.9 Å². The Bertz CT molecular complexity index is 802. The van der Waals surface area contributed by atoms with E-state index in [9.17, 15) is 22.8 Å². The topological polar surface area (TPSA) is 77.3 Å². The third-order valence-corrected chi connectivity index (χ3v) is 3.25. The van der Waals surface area contributed by atoms with E-state index in [4.69, 9.17) is 4.74 Å². The van der Waals surface area contributed by atoms with Crippen molar-refractivity contribution in [2.75, 3.05) is 18.6 Å². The zero-order valence-electron chi connectivity index (χ0n) is 13.7. The Morgan fingerprint density at radius 1 is 1.28 bits per heavy atom. The number of nitrogens with zero attached hydrogens (tertiary/aromatic N) is 4. The first-order valence-electron chi connectivity index (χ1n) is 7.21. The van der Waals surface area contributed by atoms with Crippen molar-refractivity contribution < 1.29 is 27.5 Å². The number of carbonyl (C=O) groups excluding carboxylic acids is 2. The molecule has 2 rings (SSSR count). The molecule has 1 aromatic carbocycles. The number of amides is 1. The van der Waals surface area contributed by atoms with E-state index in [2.05, 4.69) is 10.2 Å². The molecule has 1 aromatic heterocycles. The van der Waals surface area contributed by atoms with Crippen LogP contribution in [0.3, 0.4) is 0 Å². The second-order valence-electron chi connectivity index (χ2n) is 5.03. The summed E-state index contributed by atoms with van der Waals surface area (Å²) in [5.41, 5.74) is 0.612. The minimum absolute atomic E-state index is 0.00646. The van der Waals surface area contributed by atoms with Gasteiger partial charge in [0, 0.05) is 12.7 Å². The van der Waals surface area contributed by atoms with Gasteiger partial charge >= 0.3 is 18.1 Å². The van der Waals surface area contributed by atoms with E-state index in [-0.39, 0.29) is 23.7 Å². The zero-order chi connectivity index (χ0) is 18.8. The second-order valence-corrected chi connectivity index (χ2v) is 5.03. The van der Waals surface area contributed by atoms with Crippen LogP contribution in [0.5, 0.6) is 0 Å². The number of benzene rings is 1. The van der Waals surface area contributed by atoms with Crippen LogP contribution < -0.4 is 4.90 Å². The summed E-state index contributed by atoms with van der Waals surface area (Å²) in [6, 6.07) is 5.63. The average Bonchev–Trinajstić information content (AvgIpc) is 2.95. The molecule has 1 amide bonds. The summed E-state index contributed by atoms with van der Waals surface area (Å²) in [5, 5.41) is 8.06. The summed E-state index contributed by atoms with van der Waals surface area (Å²) < 4.78 is 42.5. The van der Waals surface area contributed by atoms with Crippen molar-refractivity contribution in [3.05, 3.63) is 35.7 Å². The molecule has 7 nitrogen and oxygen atoms in total. The van der Waals surface area contributed by atoms with Crippen molar-refractivity contribution in [2.45, 2.75) is 20.0 Å². The Labute approximate surface area is 141 Å². The first-order valence-corrected chi connectivity index (χ1v) is 7.21. The summed E-state index contributed by atoms with van der Waals surface area (Å²) >= 11 is 0. The largest absolute Gasteiger partial charge is 0.471 e. The van der Waals surface area contributed by atoms with Crippen LogP contribution in [-0.2, 0) is 9.53 Å². The minimum atomic E-state index is -4.98. The van der Waals surface area contributed by atoms with Crippen LogP contribution in [0.1, 0.15) is 23.1 Å². The molecule has 0 atom stereocenters. The Balaban J connectivity index is 2.35. The molecule has 0 bridgehead atoms. The summed E-state index contributed by atoms with van der Waals surface area (Å²) in [4.78, 5) is 24.7. The maximum Gasteiger partial charge on any atom is 0.471 e. The van der Waals surface area contributed by atoms with Crippen molar-refractivity contribution in [1.29, 1.82) is 0 Å². The van der Waals surface area contributed by atoms with Crippen molar-refractivity contribution in [1.82, 2.24) is 15.0 Å². The zero-order valence-corrected chi connectivity index (χ0v) is 13.7. The number of alkyl halides is 3. The summed E-state index contributed by atoms with van der Waals surface area (Å²) in [5.74, 6) is -2.65. The van der Waals surface area contributed by atoms with Gasteiger partial charge in [-0.1, -0.05) is 6.07 Å². The van der Waals surface area contributed by atoms with E-state index >= 15 is 0 Å². The van der Waals surface area contributed by atoms with E-state index in [1.165, 1.54) is 24.3 Å². The van der Waals surface area contributed by atoms with Crippen LogP contribution in [0, 0.1) is 6.92 Å². The lowest BCUT2D eigenvalue weighted by Crippen LogP contribution is -2.38. The molecule has 1 heterocycles. The van der Waals surface area contributed by atoms with Gasteiger partial charge < -0.3 is 9.64 Å². The molecular weight excluding hydrogens is 341 g/mol. The lowest BCUT2D eigenvalue weighted by molar-refractivity contribution is -0.170. The number of hydrogen-bond acceptors (Lipinski definition) is 5. The SMILES string of the molecule is CCOC(=O)c1nn(-c2cccc(N(C)C(=O)C(F)(F)F)c2)nc1C. The van der Waals surface area contributed by atoms with Gasteiger partial charge in [-0.25, -0.2) is 4.79 Å². The highest BCUT2D eigenvalue weighted by atomic mass is 19.4. The van der Waals surface area contributed by atoms with Crippen molar-refractivity contribution in [2.24, 2.45) is 0 Å². The predicted octanol–water partition coefficient (Wildman–Crippen LogP) is 2.28. The maximum absolute atomic E-state index is 12.6. The number of carbonyl (C=O) groups is 2. The van der Waals surface area contributed by atoms with Crippen molar-refractivity contribution in [3.8, 4) is 5.69 Å². The molecule has 0 fully saturated rings. The first kappa shape index (κ1) is 18.4. The third-order valence-electron chi connectivity index (χ3n) is 3.25. The molecule has 0 unspecified atom stereocenters. The van der Waals surface area contributed by atoms with Gasteiger partial charge in [0.15, 0.2) is 5.69 Å². The number of ether oxygens (including phenoxy) is 1. The van der Waals surface area contributed by atoms with E-state index in [1.807, 2.05) is 0 Å². The highest BCUT2D eigenvalue weighted by Gasteiger charge is 2.41. The number of rotatable bonds is 4. The number of anilines is 1. The summed E-state index contributed by atoms with van der Waals surface area (Å²) in [7, 11) is 1.01. The van der Waals surface area contributed by atoms with Gasteiger partial charge in [0.05, 0.1) is 18.0 Å². The molecule has 0 saturated heterocycles. The fraction of sp³-hybridized carbons (Fsp3) is 0.333. The average molecular weight is 356 g/mol. The lowest BCUT2D eigenvalue weighted by Gasteiger charge is -2.19. The summed E-state index contributed by atoms with van der Waals surface area (Å²) in [6.07, 6.45) is -4.98. The van der Waals surface area contributed by atoms with Gasteiger partial charge in [-0.2, -0.15) is 23.1 Å². The van der Waals surface area contributed by atoms with Gasteiger partial charge in [0.1, 0.15) is 0 Å². The number of aryl methyl sites for hydroxylation is 1. The molecule has 10 heteroatoms. The van der Waals surface area contributed by atoms with Gasteiger partial charge in [-0.15, -0.1) is 5.10 Å². The van der Waals surface area contributed by atoms with E-state index in [0.29, 0.717) is 10.6 Å². The molecule has 0 aliphatic rings. The Kier molecular flexibility index (Phi) is 5.10. The van der Waals surface area contributed by atoms with Crippen LogP contribution >= 0.6 is 0 Å². The van der Waals surface area contributed by atoms with Crippen LogP contribution in [0.15, 0.2) is 24.3 Å². The van der Waals surface area contributed by atoms with Crippen molar-refractivity contribution in [3.63, 3.8) is 0 Å². The smallest absolute Gasteiger partial charge is 0.461 e. The minimum Gasteiger partial charge on any atom is -0.461 e. The predicted molar refractivity (Wildman–Crippen MR) is 81.5 cm³/mol. The van der Waals surface area contributed by atoms with Crippen LogP contribution in [-0.4, -0.2) is 46.7 Å². The Hall–Kier alpha value is -2.91. The fourth-order valence-corrected chi connectivity index (χ4v) is 2.02. The normalized spacial score (nSPS) is 11.3. The maximum atomic E-state index is 12.6. The van der Waals surface area contributed by atoms with Crippen molar-refractivity contribution >= 4 is 17.6 Å². The fourth-order valence-electron chi connectivity index (χ4n) is 2.02. The number of esters is 1. The molecule has 0 N–H and O–H groups in total. The van der Waals surface area contributed by atoms with Crippen LogP contribution in [0.2, 0.25) is 0 Å². The molecule has 2 aromatic rings. The molecule has 0 radical (unpaired) electrons. The highest BCUT2D eigenvalue weighted by molar-refractivity contribution is 5.97. The molecule has 134 valence electrons. The second kappa shape index (κ2) is 6.91. The quantitative estimate of drug-likeness (QED) is 0.786. The number of aromatic nitrogens is 3. The molecule has 0 spiro atoms. The highest BCUT2D eigenvalue weighted by Crippen LogP contribution is 2.24. The first-order chi connectivity index (χ1) is 11.6. The molecule has 0 saturated carbocycles. The summed E-state index contributed by atoms with van der Waals surface area (Å²) in [6.45, 7) is 3.37. The molecule has 25 heavy (non-hydrogen) atoms. The van der Waals surface area contributed by atoms with Crippen LogP contribution in [0.25, 0.3) is 5.69 Å². The van der Waals surface area contributed by atoms with E-state index in [1.54, 1.807) is 13.8 Å². The standard InChI is InChI=1S/C15H15F3N4O3/c1-4-25-13(23)12-9(2)19-22(20-12)11-7-5-6-10(8-11)21(3)14(24)15(16,17)18/h5-8H,4H2,1-3H3. The van der Waals surface area contributed by atoms with Gasteiger partial charge in [0.2, 0.25) is 0 Å². The van der Waals surface area contributed by atoms with E-state index in [0.717, 1.165) is 11.8 Å². The molecule has 0 aliphatic carbocycles.